The van der Waals surface area contributed by atoms with E-state index in [1.165, 1.54) is 18.2 Å². The van der Waals surface area contributed by atoms with Crippen LogP contribution >= 0.6 is 11.6 Å². The Morgan fingerprint density at radius 1 is 1.22 bits per heavy atom. The van der Waals surface area contributed by atoms with Gasteiger partial charge in [0.1, 0.15) is 16.8 Å². The molecule has 1 saturated heterocycles. The van der Waals surface area contributed by atoms with Crippen molar-refractivity contribution in [1.82, 2.24) is 4.31 Å². The van der Waals surface area contributed by atoms with E-state index in [0.717, 1.165) is 22.5 Å². The quantitative estimate of drug-likeness (QED) is 0.626. The van der Waals surface area contributed by atoms with Crippen molar-refractivity contribution in [1.29, 1.82) is 5.26 Å². The molecule has 3 rings (SSSR count). The molecule has 0 radical (unpaired) electrons. The molecule has 1 aliphatic rings. The molecule has 0 atom stereocenters. The minimum absolute atomic E-state index is 0.0655. The highest BCUT2D eigenvalue weighted by atomic mass is 35.5. The van der Waals surface area contributed by atoms with Crippen molar-refractivity contribution in [3.8, 4) is 6.07 Å². The van der Waals surface area contributed by atoms with Gasteiger partial charge >= 0.3 is 5.97 Å². The first-order valence-electron chi connectivity index (χ1n) is 9.26. The lowest BCUT2D eigenvalue weighted by Gasteiger charge is -2.26. The molecule has 0 bridgehead atoms. The maximum absolute atomic E-state index is 14.2. The number of hydrogen-bond donors (Lipinski definition) is 1. The molecule has 0 spiro atoms. The molecular weight excluding hydrogens is 465 g/mol. The van der Waals surface area contributed by atoms with Gasteiger partial charge in [-0.15, -0.1) is 0 Å². The number of ether oxygens (including phenoxy) is 2. The van der Waals surface area contributed by atoms with E-state index in [2.05, 4.69) is 5.32 Å². The van der Waals surface area contributed by atoms with Gasteiger partial charge in [-0.3, -0.25) is 4.79 Å². The molecular formula is C20H17ClFN3O6S. The third kappa shape index (κ3) is 5.41. The van der Waals surface area contributed by atoms with E-state index in [-0.39, 0.29) is 48.1 Å². The van der Waals surface area contributed by atoms with Gasteiger partial charge in [-0.05, 0) is 36.4 Å². The summed E-state index contributed by atoms with van der Waals surface area (Å²) in [5.41, 5.74) is 0.290. The average Bonchev–Trinajstić information content (AvgIpc) is 2.78. The largest absolute Gasteiger partial charge is 0.452 e. The lowest BCUT2D eigenvalue weighted by molar-refractivity contribution is -0.119. The van der Waals surface area contributed by atoms with Gasteiger partial charge in [0.15, 0.2) is 6.61 Å². The number of halogens is 2. The molecule has 2 aromatic carbocycles. The molecule has 0 aliphatic carbocycles. The molecule has 0 unspecified atom stereocenters. The average molecular weight is 482 g/mol. The second-order valence-corrected chi connectivity index (χ2v) is 8.91. The molecule has 1 N–H and O–H groups in total. The molecule has 168 valence electrons. The molecule has 32 heavy (non-hydrogen) atoms. The number of sulfonamides is 1. The van der Waals surface area contributed by atoms with Crippen LogP contribution in [-0.2, 0) is 24.3 Å². The fraction of sp³-hybridized carbons (Fsp3) is 0.250. The van der Waals surface area contributed by atoms with Crippen LogP contribution in [0.5, 0.6) is 0 Å². The van der Waals surface area contributed by atoms with Gasteiger partial charge in [0.2, 0.25) is 10.0 Å². The van der Waals surface area contributed by atoms with Crippen LogP contribution in [0.3, 0.4) is 0 Å². The molecule has 1 heterocycles. The van der Waals surface area contributed by atoms with Gasteiger partial charge in [-0.1, -0.05) is 11.6 Å². The number of nitrogens with zero attached hydrogens (tertiary/aromatic N) is 2. The number of esters is 1. The third-order valence-electron chi connectivity index (χ3n) is 4.46. The molecule has 12 heteroatoms. The van der Waals surface area contributed by atoms with E-state index in [1.54, 1.807) is 0 Å². The summed E-state index contributed by atoms with van der Waals surface area (Å²) in [7, 11) is -4.17. The van der Waals surface area contributed by atoms with Crippen molar-refractivity contribution in [2.45, 2.75) is 4.90 Å². The zero-order valence-corrected chi connectivity index (χ0v) is 18.1. The lowest BCUT2D eigenvalue weighted by Crippen LogP contribution is -2.41. The molecule has 1 amide bonds. The summed E-state index contributed by atoms with van der Waals surface area (Å²) < 4.78 is 50.7. The van der Waals surface area contributed by atoms with E-state index < -0.39 is 39.2 Å². The molecule has 0 aromatic heterocycles. The van der Waals surface area contributed by atoms with Crippen LogP contribution < -0.4 is 5.32 Å². The Bertz CT molecular complexity index is 1190. The summed E-state index contributed by atoms with van der Waals surface area (Å²) in [6, 6.07) is 8.90. The van der Waals surface area contributed by atoms with E-state index in [9.17, 15) is 22.4 Å². The Hall–Kier alpha value is -3.04. The Balaban J connectivity index is 1.66. The van der Waals surface area contributed by atoms with Crippen molar-refractivity contribution < 1.29 is 31.9 Å². The summed E-state index contributed by atoms with van der Waals surface area (Å²) in [6.07, 6.45) is 0. The van der Waals surface area contributed by atoms with Crippen molar-refractivity contribution >= 4 is 39.2 Å². The monoisotopic (exact) mass is 481 g/mol. The smallest absolute Gasteiger partial charge is 0.338 e. The zero-order valence-electron chi connectivity index (χ0n) is 16.5. The van der Waals surface area contributed by atoms with Gasteiger partial charge in [-0.25, -0.2) is 17.6 Å². The van der Waals surface area contributed by atoms with E-state index in [4.69, 9.17) is 26.3 Å². The number of carbonyl (C=O) groups is 2. The SMILES string of the molecule is N#Cc1ccc(NC(=O)COC(=O)c2ccc(F)c(S(=O)(=O)N3CCOCC3)c2)cc1Cl. The fourth-order valence-corrected chi connectivity index (χ4v) is 4.57. The maximum atomic E-state index is 14.2. The second kappa shape index (κ2) is 10.1. The number of rotatable bonds is 6. The van der Waals surface area contributed by atoms with Crippen molar-refractivity contribution in [3.63, 3.8) is 0 Å². The zero-order chi connectivity index (χ0) is 23.3. The predicted molar refractivity (Wildman–Crippen MR) is 111 cm³/mol. The predicted octanol–water partition coefficient (Wildman–Crippen LogP) is 2.17. The summed E-state index contributed by atoms with van der Waals surface area (Å²) >= 11 is 5.89. The first-order valence-corrected chi connectivity index (χ1v) is 11.1. The second-order valence-electron chi connectivity index (χ2n) is 6.59. The highest BCUT2D eigenvalue weighted by molar-refractivity contribution is 7.89. The van der Waals surface area contributed by atoms with Crippen molar-refractivity contribution in [2.24, 2.45) is 0 Å². The van der Waals surface area contributed by atoms with Gasteiger partial charge in [0, 0.05) is 18.8 Å². The third-order valence-corrected chi connectivity index (χ3v) is 6.69. The normalized spacial score (nSPS) is 14.4. The number of hydrogen-bond acceptors (Lipinski definition) is 7. The number of benzene rings is 2. The fourth-order valence-electron chi connectivity index (χ4n) is 2.85. The van der Waals surface area contributed by atoms with E-state index >= 15 is 0 Å². The summed E-state index contributed by atoms with van der Waals surface area (Å²) in [4.78, 5) is 23.7. The number of nitrogens with one attached hydrogen (secondary N) is 1. The van der Waals surface area contributed by atoms with Gasteiger partial charge in [0.25, 0.3) is 5.91 Å². The van der Waals surface area contributed by atoms with Crippen LogP contribution in [0.15, 0.2) is 41.3 Å². The molecule has 1 fully saturated rings. The molecule has 2 aromatic rings. The Morgan fingerprint density at radius 3 is 2.59 bits per heavy atom. The molecule has 1 aliphatic heterocycles. The molecule has 0 saturated carbocycles. The van der Waals surface area contributed by atoms with Crippen molar-refractivity contribution in [3.05, 3.63) is 58.4 Å². The Morgan fingerprint density at radius 2 is 1.94 bits per heavy atom. The number of amides is 1. The van der Waals surface area contributed by atoms with Crippen LogP contribution in [0.2, 0.25) is 5.02 Å². The lowest BCUT2D eigenvalue weighted by atomic mass is 10.2. The summed E-state index contributed by atoms with van der Waals surface area (Å²) in [6.45, 7) is -0.185. The molecule has 9 nitrogen and oxygen atoms in total. The van der Waals surface area contributed by atoms with Crippen LogP contribution in [0.25, 0.3) is 0 Å². The number of nitriles is 1. The summed E-state index contributed by atoms with van der Waals surface area (Å²) in [5, 5.41) is 11.4. The number of anilines is 1. The topological polar surface area (TPSA) is 126 Å². The highest BCUT2D eigenvalue weighted by Crippen LogP contribution is 2.23. The van der Waals surface area contributed by atoms with Gasteiger partial charge in [-0.2, -0.15) is 9.57 Å². The minimum atomic E-state index is -4.17. The van der Waals surface area contributed by atoms with E-state index in [1.807, 2.05) is 6.07 Å². The van der Waals surface area contributed by atoms with Crippen LogP contribution in [-0.4, -0.2) is 57.5 Å². The van der Waals surface area contributed by atoms with Crippen LogP contribution in [0.4, 0.5) is 10.1 Å². The Kier molecular flexibility index (Phi) is 7.42. The van der Waals surface area contributed by atoms with Gasteiger partial charge in [0.05, 0.1) is 29.4 Å². The first kappa shape index (κ1) is 23.6. The van der Waals surface area contributed by atoms with Crippen LogP contribution in [0.1, 0.15) is 15.9 Å². The Labute approximate surface area is 188 Å². The number of morpholine rings is 1. The summed E-state index contributed by atoms with van der Waals surface area (Å²) in [5.74, 6) is -2.71. The highest BCUT2D eigenvalue weighted by Gasteiger charge is 2.30. The minimum Gasteiger partial charge on any atom is -0.452 e. The maximum Gasteiger partial charge on any atom is 0.338 e. The van der Waals surface area contributed by atoms with Crippen LogP contribution in [0, 0.1) is 17.1 Å². The first-order chi connectivity index (χ1) is 15.2. The van der Waals surface area contributed by atoms with Crippen molar-refractivity contribution in [2.75, 3.05) is 38.2 Å². The number of carbonyl (C=O) groups excluding carboxylic acids is 2. The van der Waals surface area contributed by atoms with E-state index in [0.29, 0.717) is 0 Å². The standard InChI is InChI=1S/C20H17ClFN3O6S/c21-16-10-15(3-1-14(16)11-23)24-19(26)12-31-20(27)13-2-4-17(22)18(9-13)32(28,29)25-5-7-30-8-6-25/h1-4,9-10H,5-8,12H2,(H,24,26). The van der Waals surface area contributed by atoms with Gasteiger partial charge < -0.3 is 14.8 Å².